The number of hydrogen-bond donors (Lipinski definition) is 2. The zero-order valence-electron chi connectivity index (χ0n) is 17.1. The van der Waals surface area contributed by atoms with Crippen molar-refractivity contribution in [1.82, 2.24) is 9.78 Å². The molecular formula is C20H25N3O6S. The van der Waals surface area contributed by atoms with Crippen LogP contribution in [0.25, 0.3) is 0 Å². The van der Waals surface area contributed by atoms with Crippen LogP contribution in [-0.2, 0) is 9.53 Å². The summed E-state index contributed by atoms with van der Waals surface area (Å²) in [4.78, 5) is 25.6. The summed E-state index contributed by atoms with van der Waals surface area (Å²) < 4.78 is 23.7. The fraction of sp³-hybridized carbons (Fsp3) is 0.500. The Morgan fingerprint density at radius 3 is 2.37 bits per heavy atom. The molecule has 2 aliphatic rings. The Morgan fingerprint density at radius 1 is 1.03 bits per heavy atom. The van der Waals surface area contributed by atoms with Crippen LogP contribution in [0.3, 0.4) is 0 Å². The summed E-state index contributed by atoms with van der Waals surface area (Å²) in [6, 6.07) is 3.60. The number of carbonyl (C=O) groups excluding carboxylic acids is 1. The minimum Gasteiger partial charge on any atom is -0.496 e. The maximum Gasteiger partial charge on any atom is 0.270 e. The van der Waals surface area contributed by atoms with E-state index >= 15 is 0 Å². The van der Waals surface area contributed by atoms with Crippen molar-refractivity contribution in [2.45, 2.75) is 24.1 Å². The van der Waals surface area contributed by atoms with Gasteiger partial charge in [0.05, 0.1) is 43.9 Å². The van der Waals surface area contributed by atoms with Gasteiger partial charge in [-0.1, -0.05) is 0 Å². The summed E-state index contributed by atoms with van der Waals surface area (Å²) in [5, 5.41) is 5.46. The van der Waals surface area contributed by atoms with Gasteiger partial charge in [-0.2, -0.15) is 0 Å². The highest BCUT2D eigenvalue weighted by molar-refractivity contribution is 8.00. The van der Waals surface area contributed by atoms with Gasteiger partial charge >= 0.3 is 0 Å². The highest BCUT2D eigenvalue weighted by Gasteiger charge is 2.34. The molecule has 0 saturated carbocycles. The van der Waals surface area contributed by atoms with E-state index in [0.29, 0.717) is 41.8 Å². The molecule has 1 aromatic carbocycles. The monoisotopic (exact) mass is 435 g/mol. The average Bonchev–Trinajstić information content (AvgIpc) is 2.98. The van der Waals surface area contributed by atoms with Gasteiger partial charge in [0.15, 0.2) is 11.5 Å². The maximum atomic E-state index is 13.1. The number of nitrogens with one attached hydrogen (secondary N) is 2. The molecule has 0 spiro atoms. The van der Waals surface area contributed by atoms with Crippen LogP contribution < -0.4 is 25.1 Å². The van der Waals surface area contributed by atoms with Crippen molar-refractivity contribution in [3.8, 4) is 17.2 Å². The molecule has 2 aliphatic heterocycles. The molecule has 9 nitrogen and oxygen atoms in total. The van der Waals surface area contributed by atoms with Crippen LogP contribution in [0, 0.1) is 0 Å². The van der Waals surface area contributed by atoms with Gasteiger partial charge in [-0.05, 0) is 18.9 Å². The Hall–Kier alpha value is -2.59. The van der Waals surface area contributed by atoms with Crippen LogP contribution in [0.2, 0.25) is 0 Å². The van der Waals surface area contributed by atoms with Crippen molar-refractivity contribution < 1.29 is 23.7 Å². The number of carbonyl (C=O) groups is 1. The third-order valence-electron chi connectivity index (χ3n) is 5.44. The lowest BCUT2D eigenvalue weighted by atomic mass is 10.0. The molecule has 1 fully saturated rings. The van der Waals surface area contributed by atoms with Gasteiger partial charge < -0.3 is 24.3 Å². The largest absolute Gasteiger partial charge is 0.496 e. The highest BCUT2D eigenvalue weighted by atomic mass is 32.2. The summed E-state index contributed by atoms with van der Waals surface area (Å²) in [6.45, 7) is 1.24. The van der Waals surface area contributed by atoms with E-state index in [9.17, 15) is 9.59 Å². The Morgan fingerprint density at radius 2 is 1.70 bits per heavy atom. The summed E-state index contributed by atoms with van der Waals surface area (Å²) >= 11 is 1.38. The molecule has 1 aromatic heterocycles. The number of fused-ring (bicyclic) bond motifs is 1. The Labute approximate surface area is 178 Å². The average molecular weight is 436 g/mol. The molecule has 0 aliphatic carbocycles. The number of amides is 1. The SMILES string of the molecule is COc1cc(OC)c([C@@H]2SCC(=O)Nc3c2c(=O)[nH]n3C2CCOCC2)cc1OC. The Bertz CT molecular complexity index is 995. The number of anilines is 1. The minimum absolute atomic E-state index is 0.0616. The number of thioether (sulfide) groups is 1. The first kappa shape index (κ1) is 20.7. The summed E-state index contributed by atoms with van der Waals surface area (Å²) in [5.74, 6) is 2.19. The quantitative estimate of drug-likeness (QED) is 0.743. The lowest BCUT2D eigenvalue weighted by molar-refractivity contribution is -0.113. The number of hydrogen-bond acceptors (Lipinski definition) is 7. The van der Waals surface area contributed by atoms with Crippen LogP contribution in [0.1, 0.15) is 35.3 Å². The number of aromatic nitrogens is 2. The van der Waals surface area contributed by atoms with Gasteiger partial charge in [-0.3, -0.25) is 19.4 Å². The smallest absolute Gasteiger partial charge is 0.270 e. The van der Waals surface area contributed by atoms with Crippen molar-refractivity contribution in [3.63, 3.8) is 0 Å². The van der Waals surface area contributed by atoms with E-state index in [1.54, 1.807) is 38.1 Å². The standard InChI is InChI=1S/C20H25N3O6S/c1-26-13-9-15(28-3)14(27-2)8-12(13)18-17-19(21-16(24)10-30-18)23(22-20(17)25)11-4-6-29-7-5-11/h8-9,11,18H,4-7,10H2,1-3H3,(H,21,24)(H,22,25)/t18-/m0/s1. The van der Waals surface area contributed by atoms with Gasteiger partial charge in [0.25, 0.3) is 5.56 Å². The van der Waals surface area contributed by atoms with Crippen molar-refractivity contribution in [2.24, 2.45) is 0 Å². The third kappa shape index (κ3) is 3.65. The van der Waals surface area contributed by atoms with Gasteiger partial charge in [0.2, 0.25) is 5.91 Å². The van der Waals surface area contributed by atoms with Crippen LogP contribution in [0.4, 0.5) is 5.82 Å². The van der Waals surface area contributed by atoms with E-state index in [-0.39, 0.29) is 23.3 Å². The van der Waals surface area contributed by atoms with Crippen LogP contribution in [0.15, 0.2) is 16.9 Å². The van der Waals surface area contributed by atoms with Gasteiger partial charge in [-0.25, -0.2) is 0 Å². The molecule has 2 N–H and O–H groups in total. The summed E-state index contributed by atoms with van der Waals surface area (Å²) in [5.41, 5.74) is 1.02. The molecule has 30 heavy (non-hydrogen) atoms. The predicted octanol–water partition coefficient (Wildman–Crippen LogP) is 2.33. The van der Waals surface area contributed by atoms with Gasteiger partial charge in [0, 0.05) is 24.8 Å². The molecule has 10 heteroatoms. The molecule has 1 saturated heterocycles. The third-order valence-corrected chi connectivity index (χ3v) is 6.69. The first-order chi connectivity index (χ1) is 14.6. The van der Waals surface area contributed by atoms with Crippen LogP contribution in [0.5, 0.6) is 17.2 Å². The second-order valence-corrected chi connectivity index (χ2v) is 8.20. The Balaban J connectivity index is 1.87. The first-order valence-corrected chi connectivity index (χ1v) is 10.8. The number of rotatable bonds is 5. The molecule has 162 valence electrons. The topological polar surface area (TPSA) is 104 Å². The zero-order chi connectivity index (χ0) is 21.3. The number of H-pyrrole nitrogens is 1. The van der Waals surface area contributed by atoms with Crippen molar-refractivity contribution >= 4 is 23.5 Å². The van der Waals surface area contributed by atoms with Crippen molar-refractivity contribution in [1.29, 1.82) is 0 Å². The highest BCUT2D eigenvalue weighted by Crippen LogP contribution is 2.47. The van der Waals surface area contributed by atoms with Crippen molar-refractivity contribution in [2.75, 3.05) is 45.6 Å². The van der Waals surface area contributed by atoms with Gasteiger partial charge in [0.1, 0.15) is 11.6 Å². The van der Waals surface area contributed by atoms with E-state index in [4.69, 9.17) is 18.9 Å². The van der Waals surface area contributed by atoms with E-state index in [2.05, 4.69) is 10.4 Å². The minimum atomic E-state index is -0.418. The molecular weight excluding hydrogens is 410 g/mol. The number of nitrogens with zero attached hydrogens (tertiary/aromatic N) is 1. The maximum absolute atomic E-state index is 13.1. The summed E-state index contributed by atoms with van der Waals surface area (Å²) in [7, 11) is 4.67. The number of benzene rings is 1. The molecule has 4 rings (SSSR count). The molecule has 0 unspecified atom stereocenters. The van der Waals surface area contributed by atoms with Gasteiger partial charge in [-0.15, -0.1) is 11.8 Å². The molecule has 1 atom stereocenters. The predicted molar refractivity (Wildman–Crippen MR) is 113 cm³/mol. The second kappa shape index (κ2) is 8.65. The fourth-order valence-electron chi connectivity index (χ4n) is 3.96. The number of methoxy groups -OCH3 is 3. The first-order valence-electron chi connectivity index (χ1n) is 9.70. The number of ether oxygens (including phenoxy) is 4. The molecule has 1 amide bonds. The van der Waals surface area contributed by atoms with Crippen LogP contribution >= 0.6 is 11.8 Å². The van der Waals surface area contributed by atoms with E-state index in [0.717, 1.165) is 18.4 Å². The van der Waals surface area contributed by atoms with Crippen molar-refractivity contribution in [3.05, 3.63) is 33.6 Å². The lowest BCUT2D eigenvalue weighted by Gasteiger charge is -2.25. The van der Waals surface area contributed by atoms with E-state index in [1.165, 1.54) is 11.8 Å². The summed E-state index contributed by atoms with van der Waals surface area (Å²) in [6.07, 6.45) is 1.54. The molecule has 0 radical (unpaired) electrons. The molecule has 2 aromatic rings. The fourth-order valence-corrected chi connectivity index (χ4v) is 5.10. The number of aromatic amines is 1. The lowest BCUT2D eigenvalue weighted by Crippen LogP contribution is -2.24. The Kier molecular flexibility index (Phi) is 5.96. The van der Waals surface area contributed by atoms with E-state index in [1.807, 2.05) is 0 Å². The van der Waals surface area contributed by atoms with E-state index < -0.39 is 5.25 Å². The van der Waals surface area contributed by atoms with Crippen LogP contribution in [-0.4, -0.2) is 56.0 Å². The second-order valence-electron chi connectivity index (χ2n) is 7.11. The normalized spacial score (nSPS) is 19.6. The zero-order valence-corrected chi connectivity index (χ0v) is 18.0. The molecule has 3 heterocycles. The molecule has 0 bridgehead atoms.